The molecule has 0 aliphatic rings. The van der Waals surface area contributed by atoms with Crippen LogP contribution >= 0.6 is 15.9 Å². The van der Waals surface area contributed by atoms with Crippen LogP contribution < -0.4 is 10.2 Å². The van der Waals surface area contributed by atoms with Gasteiger partial charge in [-0.1, -0.05) is 58.4 Å². The van der Waals surface area contributed by atoms with Crippen LogP contribution in [-0.4, -0.2) is 18.1 Å². The number of rotatable bonds is 6. The van der Waals surface area contributed by atoms with Crippen molar-refractivity contribution in [3.8, 4) is 5.75 Å². The maximum Gasteiger partial charge on any atom is 0.379 e. The first kappa shape index (κ1) is 20.6. The molecule has 0 radical (unpaired) electrons. The van der Waals surface area contributed by atoms with Gasteiger partial charge in [-0.3, -0.25) is 4.79 Å². The third kappa shape index (κ3) is 5.07. The van der Waals surface area contributed by atoms with Gasteiger partial charge in [-0.2, -0.15) is 5.10 Å². The largest absolute Gasteiger partial charge is 0.457 e. The third-order valence-corrected chi connectivity index (χ3v) is 5.20. The van der Waals surface area contributed by atoms with Crippen molar-refractivity contribution in [2.45, 2.75) is 6.42 Å². The number of nitrogens with zero attached hydrogens (tertiary/aromatic N) is 1. The summed E-state index contributed by atoms with van der Waals surface area (Å²) >= 11 is 3.54. The molecule has 4 rings (SSSR count). The van der Waals surface area contributed by atoms with E-state index in [-0.39, 0.29) is 18.1 Å². The second-order valence-electron chi connectivity index (χ2n) is 6.66. The van der Waals surface area contributed by atoms with Crippen molar-refractivity contribution in [3.63, 3.8) is 0 Å². The highest BCUT2D eigenvalue weighted by molar-refractivity contribution is 9.10. The van der Waals surface area contributed by atoms with Gasteiger partial charge in [-0.25, -0.2) is 10.2 Å². The van der Waals surface area contributed by atoms with E-state index in [0.29, 0.717) is 11.3 Å². The molecule has 6 nitrogen and oxygen atoms in total. The minimum Gasteiger partial charge on any atom is -0.457 e. The number of carbonyl (C=O) groups is 2. The molecule has 1 aromatic heterocycles. The quantitative estimate of drug-likeness (QED) is 0.181. The second-order valence-corrected chi connectivity index (χ2v) is 7.52. The molecule has 154 valence electrons. The van der Waals surface area contributed by atoms with E-state index in [0.717, 1.165) is 20.8 Å². The van der Waals surface area contributed by atoms with Crippen LogP contribution in [0.1, 0.15) is 21.7 Å². The Kier molecular flexibility index (Phi) is 6.24. The van der Waals surface area contributed by atoms with Crippen molar-refractivity contribution in [1.82, 2.24) is 5.43 Å². The van der Waals surface area contributed by atoms with Gasteiger partial charge in [0.05, 0.1) is 18.9 Å². The molecule has 0 aliphatic heterocycles. The van der Waals surface area contributed by atoms with E-state index in [1.807, 2.05) is 36.4 Å². The molecular formula is C24H17BrN2O4. The summed E-state index contributed by atoms with van der Waals surface area (Å²) in [6.45, 7) is 0. The number of fused-ring (bicyclic) bond motifs is 1. The van der Waals surface area contributed by atoms with Crippen LogP contribution in [0.5, 0.6) is 5.75 Å². The second kappa shape index (κ2) is 9.40. The summed E-state index contributed by atoms with van der Waals surface area (Å²) in [5.74, 6) is -0.358. The Balaban J connectivity index is 1.38. The number of hydrazone groups is 1. The zero-order valence-corrected chi connectivity index (χ0v) is 17.8. The summed E-state index contributed by atoms with van der Waals surface area (Å²) in [5, 5.41) is 6.08. The van der Waals surface area contributed by atoms with Crippen molar-refractivity contribution < 1.29 is 18.7 Å². The maximum atomic E-state index is 12.4. The van der Waals surface area contributed by atoms with Crippen LogP contribution in [0.2, 0.25) is 0 Å². The summed E-state index contributed by atoms with van der Waals surface area (Å²) in [5.41, 5.74) is 4.12. The number of furan rings is 1. The Morgan fingerprint density at radius 3 is 2.65 bits per heavy atom. The molecule has 0 spiro atoms. The van der Waals surface area contributed by atoms with Gasteiger partial charge in [0.2, 0.25) is 11.7 Å². The number of nitrogens with one attached hydrogen (secondary N) is 1. The van der Waals surface area contributed by atoms with Crippen molar-refractivity contribution in [3.05, 3.63) is 100 Å². The van der Waals surface area contributed by atoms with Gasteiger partial charge in [-0.15, -0.1) is 0 Å². The van der Waals surface area contributed by atoms with Gasteiger partial charge in [-0.05, 0) is 52.2 Å². The first-order valence-corrected chi connectivity index (χ1v) is 10.2. The number of halogens is 1. The Morgan fingerprint density at radius 1 is 1.00 bits per heavy atom. The maximum absolute atomic E-state index is 12.4. The normalized spacial score (nSPS) is 11.0. The number of carbonyl (C=O) groups excluding carboxylic acids is 2. The van der Waals surface area contributed by atoms with E-state index in [2.05, 4.69) is 26.5 Å². The van der Waals surface area contributed by atoms with Gasteiger partial charge < -0.3 is 9.15 Å². The Bertz CT molecular complexity index is 1270. The summed E-state index contributed by atoms with van der Waals surface area (Å²) in [4.78, 5) is 24.3. The molecule has 0 atom stereocenters. The molecule has 0 saturated carbocycles. The molecule has 0 bridgehead atoms. The molecule has 0 saturated heterocycles. The van der Waals surface area contributed by atoms with Crippen molar-refractivity contribution >= 4 is 44.8 Å². The predicted octanol–water partition coefficient (Wildman–Crippen LogP) is 5.11. The average molecular weight is 477 g/mol. The summed E-state index contributed by atoms with van der Waals surface area (Å²) in [6, 6.07) is 21.7. The SMILES string of the molecule is O=C(Cc1ccc(Br)c2ccccc12)NN=Cc1cccc(OC(=O)c2ccco2)c1. The number of esters is 1. The van der Waals surface area contributed by atoms with Crippen molar-refractivity contribution in [1.29, 1.82) is 0 Å². The van der Waals surface area contributed by atoms with E-state index in [1.54, 1.807) is 30.3 Å². The van der Waals surface area contributed by atoms with Gasteiger partial charge in [0, 0.05) is 4.47 Å². The average Bonchev–Trinajstić information content (AvgIpc) is 3.31. The van der Waals surface area contributed by atoms with Gasteiger partial charge in [0.15, 0.2) is 0 Å². The number of benzene rings is 3. The standard InChI is InChI=1S/C24H17BrN2O4/c25-21-11-10-17(19-7-1-2-8-20(19)21)14-23(28)27-26-15-16-5-3-6-18(13-16)31-24(29)22-9-4-12-30-22/h1-13,15H,14H2,(H,27,28). The smallest absolute Gasteiger partial charge is 0.379 e. The number of hydrogen-bond acceptors (Lipinski definition) is 5. The predicted molar refractivity (Wildman–Crippen MR) is 121 cm³/mol. The monoisotopic (exact) mass is 476 g/mol. The zero-order chi connectivity index (χ0) is 21.6. The topological polar surface area (TPSA) is 80.9 Å². The highest BCUT2D eigenvalue weighted by Gasteiger charge is 2.11. The number of amides is 1. The molecule has 4 aromatic rings. The fourth-order valence-corrected chi connectivity index (χ4v) is 3.56. The van der Waals surface area contributed by atoms with Gasteiger partial charge in [0.1, 0.15) is 5.75 Å². The van der Waals surface area contributed by atoms with Crippen molar-refractivity contribution in [2.24, 2.45) is 5.10 Å². The van der Waals surface area contributed by atoms with Gasteiger partial charge in [0.25, 0.3) is 0 Å². The lowest BCUT2D eigenvalue weighted by atomic mass is 10.0. The van der Waals surface area contributed by atoms with Crippen LogP contribution in [0, 0.1) is 0 Å². The molecule has 3 aromatic carbocycles. The molecular weight excluding hydrogens is 460 g/mol. The fraction of sp³-hybridized carbons (Fsp3) is 0.0417. The van der Waals surface area contributed by atoms with Crippen LogP contribution in [-0.2, 0) is 11.2 Å². The Labute approximate surface area is 186 Å². The Morgan fingerprint density at radius 2 is 1.84 bits per heavy atom. The van der Waals surface area contributed by atoms with E-state index in [4.69, 9.17) is 9.15 Å². The van der Waals surface area contributed by atoms with Gasteiger partial charge >= 0.3 is 5.97 Å². The van der Waals surface area contributed by atoms with Crippen LogP contribution in [0.25, 0.3) is 10.8 Å². The van der Waals surface area contributed by atoms with Crippen molar-refractivity contribution in [2.75, 3.05) is 0 Å². The lowest BCUT2D eigenvalue weighted by molar-refractivity contribution is -0.120. The number of hydrogen-bond donors (Lipinski definition) is 1. The molecule has 0 unspecified atom stereocenters. The lowest BCUT2D eigenvalue weighted by Crippen LogP contribution is -2.19. The number of ether oxygens (including phenoxy) is 1. The lowest BCUT2D eigenvalue weighted by Gasteiger charge is -2.07. The molecule has 1 heterocycles. The van der Waals surface area contributed by atoms with E-state index >= 15 is 0 Å². The highest BCUT2D eigenvalue weighted by atomic mass is 79.9. The summed E-state index contributed by atoms with van der Waals surface area (Å²) in [6.07, 6.45) is 3.09. The van der Waals surface area contributed by atoms with Crippen LogP contribution in [0.4, 0.5) is 0 Å². The van der Waals surface area contributed by atoms with E-state index < -0.39 is 5.97 Å². The van der Waals surface area contributed by atoms with E-state index in [9.17, 15) is 9.59 Å². The molecule has 1 N–H and O–H groups in total. The summed E-state index contributed by atoms with van der Waals surface area (Å²) < 4.78 is 11.3. The third-order valence-electron chi connectivity index (χ3n) is 4.51. The van der Waals surface area contributed by atoms with Crippen LogP contribution in [0.15, 0.2) is 93.1 Å². The summed E-state index contributed by atoms with van der Waals surface area (Å²) in [7, 11) is 0. The minimum absolute atomic E-state index is 0.117. The molecule has 0 aliphatic carbocycles. The van der Waals surface area contributed by atoms with E-state index in [1.165, 1.54) is 18.5 Å². The highest BCUT2D eigenvalue weighted by Crippen LogP contribution is 2.27. The minimum atomic E-state index is -0.589. The molecule has 31 heavy (non-hydrogen) atoms. The molecule has 1 amide bonds. The molecule has 0 fully saturated rings. The van der Waals surface area contributed by atoms with Crippen LogP contribution in [0.3, 0.4) is 0 Å². The zero-order valence-electron chi connectivity index (χ0n) is 16.2. The first-order valence-electron chi connectivity index (χ1n) is 9.44. The molecule has 7 heteroatoms. The Hall–Kier alpha value is -3.71. The fourth-order valence-electron chi connectivity index (χ4n) is 3.08. The first-order chi connectivity index (χ1) is 15.1.